The topological polar surface area (TPSA) is 59.0 Å². The minimum absolute atomic E-state index is 0. The van der Waals surface area contributed by atoms with Gasteiger partial charge in [0.1, 0.15) is 6.61 Å². The Bertz CT molecular complexity index is 608. The molecule has 2 heterocycles. The molecule has 0 spiro atoms. The fourth-order valence-corrected chi connectivity index (χ4v) is 2.92. The maximum atomic E-state index is 12.5. The van der Waals surface area contributed by atoms with E-state index in [1.807, 2.05) is 14.0 Å². The van der Waals surface area contributed by atoms with Gasteiger partial charge in [-0.05, 0) is 38.2 Å². The fraction of sp³-hybridized carbons (Fsp3) is 0.684. The third kappa shape index (κ3) is 9.37. The van der Waals surface area contributed by atoms with Crippen molar-refractivity contribution in [1.29, 1.82) is 0 Å². The van der Waals surface area contributed by atoms with Crippen molar-refractivity contribution in [1.82, 2.24) is 15.2 Å². The number of ether oxygens (including phenoxy) is 2. The van der Waals surface area contributed by atoms with Gasteiger partial charge in [0.05, 0.1) is 12.1 Å². The smallest absolute Gasteiger partial charge is 0.417 e. The highest BCUT2D eigenvalue weighted by atomic mass is 127. The molecule has 0 aromatic carbocycles. The molecule has 166 valence electrons. The lowest BCUT2D eigenvalue weighted by Crippen LogP contribution is -2.40. The first kappa shape index (κ1) is 25.7. The zero-order chi connectivity index (χ0) is 20.4. The molecular weight excluding hydrogens is 500 g/mol. The minimum atomic E-state index is -4.40. The van der Waals surface area contributed by atoms with Crippen molar-refractivity contribution in [2.45, 2.75) is 32.4 Å². The molecule has 0 amide bonds. The van der Waals surface area contributed by atoms with Crippen LogP contribution in [0.2, 0.25) is 0 Å². The second-order valence-corrected chi connectivity index (χ2v) is 6.73. The zero-order valence-electron chi connectivity index (χ0n) is 16.9. The van der Waals surface area contributed by atoms with Gasteiger partial charge < -0.3 is 19.7 Å². The maximum Gasteiger partial charge on any atom is 0.417 e. The van der Waals surface area contributed by atoms with Crippen LogP contribution in [0.5, 0.6) is 5.88 Å². The number of hydrogen-bond donors (Lipinski definition) is 1. The molecule has 2 rings (SSSR count). The van der Waals surface area contributed by atoms with Gasteiger partial charge in [-0.15, -0.1) is 24.0 Å². The van der Waals surface area contributed by atoms with Crippen molar-refractivity contribution < 1.29 is 22.6 Å². The van der Waals surface area contributed by atoms with Crippen LogP contribution >= 0.6 is 24.0 Å². The molecule has 6 nitrogen and oxygen atoms in total. The zero-order valence-corrected chi connectivity index (χ0v) is 19.2. The van der Waals surface area contributed by atoms with Crippen LogP contribution in [0, 0.1) is 5.92 Å². The Morgan fingerprint density at radius 1 is 1.34 bits per heavy atom. The minimum Gasteiger partial charge on any atom is -0.476 e. The molecule has 29 heavy (non-hydrogen) atoms. The lowest BCUT2D eigenvalue weighted by molar-refractivity contribution is -0.137. The summed E-state index contributed by atoms with van der Waals surface area (Å²) < 4.78 is 48.4. The Labute approximate surface area is 187 Å². The van der Waals surface area contributed by atoms with Crippen LogP contribution in [0.3, 0.4) is 0 Å². The summed E-state index contributed by atoms with van der Waals surface area (Å²) in [4.78, 5) is 10.3. The van der Waals surface area contributed by atoms with E-state index in [1.165, 1.54) is 6.07 Å². The summed E-state index contributed by atoms with van der Waals surface area (Å²) >= 11 is 0. The summed E-state index contributed by atoms with van der Waals surface area (Å²) in [6.45, 7) is 5.97. The highest BCUT2D eigenvalue weighted by Crippen LogP contribution is 2.29. The molecule has 1 aliphatic heterocycles. The van der Waals surface area contributed by atoms with Gasteiger partial charge in [0.25, 0.3) is 0 Å². The number of nitrogens with zero attached hydrogens (tertiary/aromatic N) is 3. The van der Waals surface area contributed by atoms with Crippen molar-refractivity contribution in [3.63, 3.8) is 0 Å². The van der Waals surface area contributed by atoms with Gasteiger partial charge in [-0.2, -0.15) is 13.2 Å². The number of alkyl halides is 3. The third-order valence-corrected chi connectivity index (χ3v) is 4.58. The molecule has 1 fully saturated rings. The third-order valence-electron chi connectivity index (χ3n) is 4.58. The highest BCUT2D eigenvalue weighted by Gasteiger charge is 2.30. The molecule has 0 radical (unpaired) electrons. The van der Waals surface area contributed by atoms with Gasteiger partial charge in [-0.3, -0.25) is 0 Å². The molecule has 1 saturated heterocycles. The number of aromatic nitrogens is 1. The van der Waals surface area contributed by atoms with Crippen molar-refractivity contribution >= 4 is 29.9 Å². The molecule has 0 atom stereocenters. The van der Waals surface area contributed by atoms with E-state index in [1.54, 1.807) is 0 Å². The molecule has 1 aromatic heterocycles. The van der Waals surface area contributed by atoms with E-state index >= 15 is 0 Å². The number of nitrogens with one attached hydrogen (secondary N) is 1. The van der Waals surface area contributed by atoms with Crippen LogP contribution in [-0.2, 0) is 10.9 Å². The number of halogens is 4. The Morgan fingerprint density at radius 2 is 2.07 bits per heavy atom. The maximum absolute atomic E-state index is 12.5. The predicted octanol–water partition coefficient (Wildman–Crippen LogP) is 3.81. The van der Waals surface area contributed by atoms with Crippen LogP contribution in [0.4, 0.5) is 13.2 Å². The quantitative estimate of drug-likeness (QED) is 0.240. The SMILES string of the molecule is CCNC(=NCCOc1ccc(C(F)(F)F)cn1)N(C)CCC1CCOCC1.I. The van der Waals surface area contributed by atoms with Crippen LogP contribution in [-0.4, -0.2) is 62.3 Å². The van der Waals surface area contributed by atoms with Crippen molar-refractivity contribution in [3.05, 3.63) is 23.9 Å². The summed E-state index contributed by atoms with van der Waals surface area (Å²) in [6.07, 6.45) is -0.320. The molecule has 0 unspecified atom stereocenters. The van der Waals surface area contributed by atoms with E-state index in [0.717, 1.165) is 63.8 Å². The van der Waals surface area contributed by atoms with Gasteiger partial charge in [0, 0.05) is 45.6 Å². The van der Waals surface area contributed by atoms with E-state index < -0.39 is 11.7 Å². The lowest BCUT2D eigenvalue weighted by atomic mass is 9.96. The standard InChI is InChI=1S/C19H29F3N4O2.HI/c1-3-23-18(26(2)10-6-15-7-11-27-12-8-15)24-9-13-28-17-5-4-16(14-25-17)19(20,21)22;/h4-5,14-15H,3,6-13H2,1-2H3,(H,23,24);1H. The van der Waals surface area contributed by atoms with Crippen LogP contribution in [0.1, 0.15) is 31.7 Å². The summed E-state index contributed by atoms with van der Waals surface area (Å²) in [5, 5.41) is 3.25. The normalized spacial score (nSPS) is 15.6. The summed E-state index contributed by atoms with van der Waals surface area (Å²) in [5.74, 6) is 1.63. The van der Waals surface area contributed by atoms with Crippen LogP contribution in [0.15, 0.2) is 23.3 Å². The molecule has 1 N–H and O–H groups in total. The van der Waals surface area contributed by atoms with E-state index in [2.05, 4.69) is 20.2 Å². The lowest BCUT2D eigenvalue weighted by Gasteiger charge is -2.26. The largest absolute Gasteiger partial charge is 0.476 e. The number of hydrogen-bond acceptors (Lipinski definition) is 4. The number of pyridine rings is 1. The fourth-order valence-electron chi connectivity index (χ4n) is 2.92. The van der Waals surface area contributed by atoms with Crippen LogP contribution < -0.4 is 10.1 Å². The van der Waals surface area contributed by atoms with Crippen molar-refractivity contribution in [2.75, 3.05) is 46.5 Å². The molecule has 1 aromatic rings. The summed E-state index contributed by atoms with van der Waals surface area (Å²) in [6, 6.07) is 2.18. The molecular formula is C19H30F3IN4O2. The van der Waals surface area contributed by atoms with E-state index in [-0.39, 0.29) is 36.5 Å². The first-order valence-electron chi connectivity index (χ1n) is 9.63. The van der Waals surface area contributed by atoms with Gasteiger partial charge >= 0.3 is 6.18 Å². The Morgan fingerprint density at radius 3 is 2.66 bits per heavy atom. The first-order chi connectivity index (χ1) is 13.4. The van der Waals surface area contributed by atoms with Gasteiger partial charge in [-0.1, -0.05) is 0 Å². The Kier molecular flexibility index (Phi) is 11.6. The highest BCUT2D eigenvalue weighted by molar-refractivity contribution is 14.0. The Hall–Kier alpha value is -1.30. The van der Waals surface area contributed by atoms with Crippen molar-refractivity contribution in [2.24, 2.45) is 10.9 Å². The summed E-state index contributed by atoms with van der Waals surface area (Å²) in [5.41, 5.74) is -0.793. The average molecular weight is 530 g/mol. The molecule has 10 heteroatoms. The Balaban J connectivity index is 0.00000420. The monoisotopic (exact) mass is 530 g/mol. The second kappa shape index (κ2) is 13.1. The average Bonchev–Trinajstić information content (AvgIpc) is 2.69. The molecule has 0 saturated carbocycles. The number of guanidine groups is 1. The van der Waals surface area contributed by atoms with E-state index in [9.17, 15) is 13.2 Å². The molecule has 0 bridgehead atoms. The predicted molar refractivity (Wildman–Crippen MR) is 117 cm³/mol. The van der Waals surface area contributed by atoms with Gasteiger partial charge in [0.2, 0.25) is 5.88 Å². The number of rotatable bonds is 8. The molecule has 1 aliphatic rings. The van der Waals surface area contributed by atoms with Gasteiger partial charge in [0.15, 0.2) is 5.96 Å². The number of aliphatic imine (C=N–C) groups is 1. The first-order valence-corrected chi connectivity index (χ1v) is 9.63. The van der Waals surface area contributed by atoms with Crippen LogP contribution in [0.25, 0.3) is 0 Å². The summed E-state index contributed by atoms with van der Waals surface area (Å²) in [7, 11) is 2.00. The van der Waals surface area contributed by atoms with Crippen molar-refractivity contribution in [3.8, 4) is 5.88 Å². The van der Waals surface area contributed by atoms with Gasteiger partial charge in [-0.25, -0.2) is 9.98 Å². The molecule has 0 aliphatic carbocycles. The van der Waals surface area contributed by atoms with E-state index in [0.29, 0.717) is 12.5 Å². The second-order valence-electron chi connectivity index (χ2n) is 6.73. The van der Waals surface area contributed by atoms with E-state index in [4.69, 9.17) is 9.47 Å².